The Morgan fingerprint density at radius 2 is 1.58 bits per heavy atom. The largest absolute Gasteiger partial charge is 0.479 e. The lowest BCUT2D eigenvalue weighted by atomic mass is 9.73. The minimum Gasteiger partial charge on any atom is -0.479 e. The first-order chi connectivity index (χ1) is 20.0. The lowest BCUT2D eigenvalue weighted by Crippen LogP contribution is -2.82. The van der Waals surface area contributed by atoms with Gasteiger partial charge in [0.1, 0.15) is 67.1 Å². The molecule has 0 spiro atoms. The van der Waals surface area contributed by atoms with Crippen LogP contribution in [0, 0.1) is 0 Å². The number of carboxylic acids is 1. The number of carboxylic acid groups (broad SMARTS) is 1. The molecule has 16 atom stereocenters. The van der Waals surface area contributed by atoms with Gasteiger partial charge in [-0.15, -0.1) is 0 Å². The molecule has 43 heavy (non-hydrogen) atoms. The van der Waals surface area contributed by atoms with Crippen molar-refractivity contribution in [3.05, 3.63) is 0 Å². The van der Waals surface area contributed by atoms with Crippen LogP contribution in [0.4, 0.5) is 0 Å². The summed E-state index contributed by atoms with van der Waals surface area (Å²) in [4.78, 5) is 25.0. The van der Waals surface area contributed by atoms with Crippen LogP contribution in [-0.2, 0) is 28.5 Å². The molecule has 0 aromatic heterocycles. The minimum atomic E-state index is -3.42. The highest BCUT2D eigenvalue weighted by Gasteiger charge is 2.72. The number of rotatable bonds is 10. The normalized spacial score (nSPS) is 47.0. The van der Waals surface area contributed by atoms with E-state index in [9.17, 15) is 70.9 Å². The molecule has 0 aromatic rings. The van der Waals surface area contributed by atoms with Crippen LogP contribution in [0.5, 0.6) is 0 Å². The second kappa shape index (κ2) is 13.7. The predicted molar refractivity (Wildman–Crippen MR) is 132 cm³/mol. The average molecular weight is 633 g/mol. The lowest BCUT2D eigenvalue weighted by Gasteiger charge is -2.58. The van der Waals surface area contributed by atoms with Crippen LogP contribution in [0.2, 0.25) is 0 Å². The maximum atomic E-state index is 12.8. The van der Waals surface area contributed by atoms with Crippen LogP contribution < -0.4 is 11.1 Å². The third kappa shape index (κ3) is 6.37. The van der Waals surface area contributed by atoms with E-state index < -0.39 is 135 Å². The fourth-order valence-corrected chi connectivity index (χ4v) is 5.56. The minimum absolute atomic E-state index is 0.854. The Hall–Kier alpha value is -1.70. The number of aliphatic hydroxyl groups is 11. The van der Waals surface area contributed by atoms with E-state index in [1.807, 2.05) is 0 Å². The average Bonchev–Trinajstić information content (AvgIpc) is 2.96. The third-order valence-electron chi connectivity index (χ3n) is 7.98. The van der Waals surface area contributed by atoms with Crippen LogP contribution in [0.1, 0.15) is 13.3 Å². The molecule has 1 amide bonds. The zero-order chi connectivity index (χ0) is 32.6. The molecular weight excluding hydrogens is 592 g/mol. The van der Waals surface area contributed by atoms with Crippen LogP contribution >= 0.6 is 0 Å². The Kier molecular flexibility index (Phi) is 11.4. The van der Waals surface area contributed by atoms with Crippen LogP contribution in [0.15, 0.2) is 0 Å². The quantitative estimate of drug-likeness (QED) is 0.106. The second-order valence-electron chi connectivity index (χ2n) is 10.8. The first kappa shape index (κ1) is 35.8. The van der Waals surface area contributed by atoms with Crippen LogP contribution in [0.25, 0.3) is 0 Å². The molecule has 0 radical (unpaired) electrons. The number of aliphatic carboxylic acids is 1. The molecule has 15 N–H and O–H groups in total. The van der Waals surface area contributed by atoms with Crippen LogP contribution in [-0.4, -0.2) is 190 Å². The fourth-order valence-electron chi connectivity index (χ4n) is 5.56. The third-order valence-corrected chi connectivity index (χ3v) is 7.98. The van der Waals surface area contributed by atoms with Crippen molar-refractivity contribution in [3.63, 3.8) is 0 Å². The Labute approximate surface area is 243 Å². The number of carbonyl (C=O) groups excluding carboxylic acids is 1. The fraction of sp³-hybridized carbons (Fsp3) is 0.913. The zero-order valence-electron chi connectivity index (χ0n) is 22.8. The summed E-state index contributed by atoms with van der Waals surface area (Å²) in [5, 5.41) is 126. The van der Waals surface area contributed by atoms with Gasteiger partial charge < -0.3 is 91.3 Å². The number of nitrogens with two attached hydrogens (primary N) is 1. The molecule has 3 fully saturated rings. The Balaban J connectivity index is 2.08. The summed E-state index contributed by atoms with van der Waals surface area (Å²) in [5.74, 6) is -6.49. The zero-order valence-corrected chi connectivity index (χ0v) is 22.8. The van der Waals surface area contributed by atoms with Gasteiger partial charge in [-0.05, 0) is 0 Å². The van der Waals surface area contributed by atoms with Crippen molar-refractivity contribution in [2.45, 2.75) is 110 Å². The molecule has 0 saturated carbocycles. The molecular formula is C23H40N2O18. The van der Waals surface area contributed by atoms with Crippen molar-refractivity contribution in [1.29, 1.82) is 0 Å². The summed E-state index contributed by atoms with van der Waals surface area (Å²) in [5.41, 5.74) is 2.66. The monoisotopic (exact) mass is 632 g/mol. The highest BCUT2D eigenvalue weighted by molar-refractivity contribution is 5.80. The SMILES string of the molecule is CC(=O)N[C@@H]1[C@@H](O)[C@H](O[C@@H]2O[C@H](CO)[C@H](O)[C@H](O)[C@H]2O)[C@@H](CO)OC1(O)C1(C(=O)O)C[C@H](O)[C@@H](N)[C@H]([C@H](O)[C@H](O)CO)O1. The molecule has 2 unspecified atom stereocenters. The highest BCUT2D eigenvalue weighted by atomic mass is 16.7. The number of aliphatic hydroxyl groups excluding tert-OH is 10. The van der Waals surface area contributed by atoms with Gasteiger partial charge in [0.2, 0.25) is 17.3 Å². The topological polar surface area (TPSA) is 352 Å². The number of hydrogen-bond acceptors (Lipinski definition) is 18. The number of hydrogen-bond donors (Lipinski definition) is 14. The van der Waals surface area contributed by atoms with Gasteiger partial charge in [-0.1, -0.05) is 0 Å². The van der Waals surface area contributed by atoms with Crippen molar-refractivity contribution >= 4 is 11.9 Å². The molecule has 0 bridgehead atoms. The summed E-state index contributed by atoms with van der Waals surface area (Å²) < 4.78 is 21.9. The smallest absolute Gasteiger partial charge is 0.341 e. The van der Waals surface area contributed by atoms with Crippen molar-refractivity contribution in [1.82, 2.24) is 5.32 Å². The summed E-state index contributed by atoms with van der Waals surface area (Å²) in [6, 6.07) is -3.85. The Morgan fingerprint density at radius 3 is 2.09 bits per heavy atom. The Bertz CT molecular complexity index is 977. The highest BCUT2D eigenvalue weighted by Crippen LogP contribution is 2.46. The van der Waals surface area contributed by atoms with Gasteiger partial charge in [0.25, 0.3) is 0 Å². The number of amides is 1. The number of ether oxygens (including phenoxy) is 4. The van der Waals surface area contributed by atoms with Crippen molar-refractivity contribution < 1.29 is 89.8 Å². The van der Waals surface area contributed by atoms with E-state index in [1.54, 1.807) is 0 Å². The van der Waals surface area contributed by atoms with Gasteiger partial charge in [-0.3, -0.25) is 4.79 Å². The van der Waals surface area contributed by atoms with E-state index in [-0.39, 0.29) is 0 Å². The van der Waals surface area contributed by atoms with Gasteiger partial charge in [0, 0.05) is 13.3 Å². The molecule has 250 valence electrons. The molecule has 20 heteroatoms. The first-order valence-corrected chi connectivity index (χ1v) is 13.2. The van der Waals surface area contributed by atoms with Gasteiger partial charge in [0.05, 0.1) is 32.0 Å². The van der Waals surface area contributed by atoms with Gasteiger partial charge in [-0.2, -0.15) is 0 Å². The molecule has 3 aliphatic rings. The molecule has 3 aliphatic heterocycles. The molecule has 0 aromatic carbocycles. The summed E-state index contributed by atoms with van der Waals surface area (Å²) in [7, 11) is 0. The van der Waals surface area contributed by atoms with Gasteiger partial charge >= 0.3 is 5.97 Å². The molecule has 3 heterocycles. The van der Waals surface area contributed by atoms with E-state index >= 15 is 0 Å². The van der Waals surface area contributed by atoms with E-state index in [0.29, 0.717) is 0 Å². The van der Waals surface area contributed by atoms with E-state index in [2.05, 4.69) is 5.32 Å². The first-order valence-electron chi connectivity index (χ1n) is 13.2. The molecule has 0 aliphatic carbocycles. The van der Waals surface area contributed by atoms with Crippen molar-refractivity contribution in [3.8, 4) is 0 Å². The van der Waals surface area contributed by atoms with Crippen molar-refractivity contribution in [2.24, 2.45) is 5.73 Å². The maximum absolute atomic E-state index is 12.8. The van der Waals surface area contributed by atoms with E-state index in [0.717, 1.165) is 6.92 Å². The summed E-state index contributed by atoms with van der Waals surface area (Å²) in [6.45, 7) is -2.15. The Morgan fingerprint density at radius 1 is 0.977 bits per heavy atom. The molecule has 20 nitrogen and oxygen atoms in total. The maximum Gasteiger partial charge on any atom is 0.341 e. The summed E-state index contributed by atoms with van der Waals surface area (Å²) in [6.07, 6.45) is -24.3. The van der Waals surface area contributed by atoms with E-state index in [1.165, 1.54) is 0 Å². The van der Waals surface area contributed by atoms with Crippen molar-refractivity contribution in [2.75, 3.05) is 19.8 Å². The lowest BCUT2D eigenvalue weighted by molar-refractivity contribution is -0.409. The second-order valence-corrected chi connectivity index (χ2v) is 10.8. The number of nitrogens with one attached hydrogen (secondary N) is 1. The van der Waals surface area contributed by atoms with E-state index in [4.69, 9.17) is 24.7 Å². The summed E-state index contributed by atoms with van der Waals surface area (Å²) >= 11 is 0. The van der Waals surface area contributed by atoms with Gasteiger partial charge in [-0.25, -0.2) is 4.79 Å². The van der Waals surface area contributed by atoms with Gasteiger partial charge in [0.15, 0.2) is 6.29 Å². The number of carbonyl (C=O) groups is 2. The standard InChI is InChI=1S/C23H40N2O18/c1-6(29)25-19-16(36)17(41-20-15(35)14(34)13(33)9(4-27)40-20)10(5-28)42-23(19,39)22(21(37)38)2-7(30)11(24)18(43-22)12(32)8(31)3-26/h7-20,26-28,30-36,39H,2-5,24H2,1H3,(H,25,29)(H,37,38)/t7-,8+,9+,10+,11+,12+,13-,14-,15+,16-,17+,18+,19+,20-,22?,23?/m0/s1. The molecule has 3 rings (SSSR count). The predicted octanol–water partition coefficient (Wildman–Crippen LogP) is -8.87. The molecule has 3 saturated heterocycles. The van der Waals surface area contributed by atoms with Crippen LogP contribution in [0.3, 0.4) is 0 Å².